The summed E-state index contributed by atoms with van der Waals surface area (Å²) >= 11 is 0. The highest BCUT2D eigenvalue weighted by Gasteiger charge is 2.27. The normalized spacial score (nSPS) is 14.3. The number of nitrogens with zero attached hydrogens (tertiary/aromatic N) is 2. The molecule has 1 aliphatic rings. The Balaban J connectivity index is 1.65. The summed E-state index contributed by atoms with van der Waals surface area (Å²) < 4.78 is 0. The van der Waals surface area contributed by atoms with Crippen LogP contribution in [-0.2, 0) is 16.1 Å². The predicted molar refractivity (Wildman–Crippen MR) is 70.4 cm³/mol. The van der Waals surface area contributed by atoms with E-state index in [1.54, 1.807) is 6.20 Å². The lowest BCUT2D eigenvalue weighted by Crippen LogP contribution is -2.32. The van der Waals surface area contributed by atoms with Gasteiger partial charge in [-0.1, -0.05) is 6.07 Å². The summed E-state index contributed by atoms with van der Waals surface area (Å²) in [5.74, 6) is -0.369. The molecule has 0 bridgehead atoms. The minimum Gasteiger partial charge on any atom is -0.350 e. The van der Waals surface area contributed by atoms with Gasteiger partial charge in [-0.05, 0) is 18.6 Å². The van der Waals surface area contributed by atoms with Crippen LogP contribution in [0.5, 0.6) is 0 Å². The first-order valence-corrected chi connectivity index (χ1v) is 6.41. The van der Waals surface area contributed by atoms with Gasteiger partial charge in [0.05, 0.1) is 18.8 Å². The first-order valence-electron chi connectivity index (χ1n) is 6.41. The molecule has 7 nitrogen and oxygen atoms in total. The number of hydrogen-bond acceptors (Lipinski definition) is 4. The first-order chi connectivity index (χ1) is 9.66. The Hall–Kier alpha value is -2.44. The SMILES string of the molecule is O=C(CCCN1C(=O)CNC1=O)NCc1ccccn1. The number of amides is 4. The minimum absolute atomic E-state index is 0.0463. The van der Waals surface area contributed by atoms with E-state index in [0.29, 0.717) is 13.0 Å². The van der Waals surface area contributed by atoms with E-state index in [9.17, 15) is 14.4 Å². The van der Waals surface area contributed by atoms with Crippen molar-refractivity contribution in [2.24, 2.45) is 0 Å². The molecule has 1 saturated heterocycles. The number of aromatic nitrogens is 1. The molecule has 20 heavy (non-hydrogen) atoms. The standard InChI is InChI=1S/C13H16N4O3/c18-11(15-8-10-4-1-2-6-14-10)5-3-7-17-12(19)9-16-13(17)20/h1-2,4,6H,3,5,7-9H2,(H,15,18)(H,16,20). The Labute approximate surface area is 116 Å². The van der Waals surface area contributed by atoms with E-state index in [1.807, 2.05) is 18.2 Å². The van der Waals surface area contributed by atoms with Crippen LogP contribution in [0.3, 0.4) is 0 Å². The van der Waals surface area contributed by atoms with Gasteiger partial charge in [-0.2, -0.15) is 0 Å². The van der Waals surface area contributed by atoms with E-state index in [2.05, 4.69) is 15.6 Å². The van der Waals surface area contributed by atoms with E-state index in [4.69, 9.17) is 0 Å². The molecular weight excluding hydrogens is 260 g/mol. The van der Waals surface area contributed by atoms with Crippen LogP contribution in [0.2, 0.25) is 0 Å². The van der Waals surface area contributed by atoms with Gasteiger partial charge in [-0.25, -0.2) is 4.79 Å². The summed E-state index contributed by atoms with van der Waals surface area (Å²) in [6, 6.07) is 5.10. The summed E-state index contributed by atoms with van der Waals surface area (Å²) in [6.45, 7) is 0.690. The minimum atomic E-state index is -0.385. The maximum Gasteiger partial charge on any atom is 0.324 e. The van der Waals surface area contributed by atoms with Crippen molar-refractivity contribution < 1.29 is 14.4 Å². The highest BCUT2D eigenvalue weighted by Crippen LogP contribution is 2.02. The predicted octanol–water partition coefficient (Wildman–Crippen LogP) is 0.0298. The Morgan fingerprint density at radius 1 is 1.40 bits per heavy atom. The topological polar surface area (TPSA) is 91.4 Å². The number of imide groups is 1. The number of carbonyl (C=O) groups excluding carboxylic acids is 3. The number of rotatable bonds is 6. The van der Waals surface area contributed by atoms with E-state index >= 15 is 0 Å². The summed E-state index contributed by atoms with van der Waals surface area (Å²) in [5, 5.41) is 5.17. The number of nitrogens with one attached hydrogen (secondary N) is 2. The zero-order valence-electron chi connectivity index (χ0n) is 11.0. The highest BCUT2D eigenvalue weighted by atomic mass is 16.2. The second-order valence-electron chi connectivity index (χ2n) is 4.41. The van der Waals surface area contributed by atoms with Crippen molar-refractivity contribution >= 4 is 17.8 Å². The summed E-state index contributed by atoms with van der Waals surface area (Å²) in [7, 11) is 0. The fourth-order valence-electron chi connectivity index (χ4n) is 1.86. The van der Waals surface area contributed by atoms with Gasteiger partial charge in [-0.3, -0.25) is 19.5 Å². The highest BCUT2D eigenvalue weighted by molar-refractivity contribution is 6.01. The molecule has 2 rings (SSSR count). The third kappa shape index (κ3) is 3.78. The van der Waals surface area contributed by atoms with E-state index < -0.39 is 0 Å². The maximum absolute atomic E-state index is 11.6. The molecule has 1 aromatic rings. The third-order valence-electron chi connectivity index (χ3n) is 2.92. The van der Waals surface area contributed by atoms with Crippen LogP contribution in [0, 0.1) is 0 Å². The smallest absolute Gasteiger partial charge is 0.324 e. The Bertz CT molecular complexity index is 488. The Kier molecular flexibility index (Phi) is 4.65. The van der Waals surface area contributed by atoms with Gasteiger partial charge in [0.1, 0.15) is 0 Å². The van der Waals surface area contributed by atoms with Crippen molar-refractivity contribution in [2.45, 2.75) is 19.4 Å². The van der Waals surface area contributed by atoms with Gasteiger partial charge in [0.15, 0.2) is 0 Å². The second-order valence-corrected chi connectivity index (χ2v) is 4.41. The monoisotopic (exact) mass is 276 g/mol. The van der Waals surface area contributed by atoms with E-state index in [-0.39, 0.29) is 37.4 Å². The van der Waals surface area contributed by atoms with Crippen molar-refractivity contribution in [3.8, 4) is 0 Å². The van der Waals surface area contributed by atoms with Crippen molar-refractivity contribution in [2.75, 3.05) is 13.1 Å². The quantitative estimate of drug-likeness (QED) is 0.717. The van der Waals surface area contributed by atoms with Crippen molar-refractivity contribution in [3.05, 3.63) is 30.1 Å². The number of carbonyl (C=O) groups is 3. The van der Waals surface area contributed by atoms with Gasteiger partial charge in [-0.15, -0.1) is 0 Å². The molecule has 0 radical (unpaired) electrons. The lowest BCUT2D eigenvalue weighted by Gasteiger charge is -2.11. The molecule has 0 aromatic carbocycles. The molecule has 0 unspecified atom stereocenters. The number of hydrogen-bond donors (Lipinski definition) is 2. The molecule has 2 N–H and O–H groups in total. The van der Waals surface area contributed by atoms with E-state index in [0.717, 1.165) is 10.6 Å². The second kappa shape index (κ2) is 6.65. The fraction of sp³-hybridized carbons (Fsp3) is 0.385. The molecule has 0 saturated carbocycles. The van der Waals surface area contributed by atoms with Crippen LogP contribution in [0.1, 0.15) is 18.5 Å². The molecule has 106 valence electrons. The van der Waals surface area contributed by atoms with Crippen LogP contribution in [0.4, 0.5) is 4.79 Å². The van der Waals surface area contributed by atoms with Gasteiger partial charge in [0, 0.05) is 19.2 Å². The molecule has 0 atom stereocenters. The van der Waals surface area contributed by atoms with Gasteiger partial charge in [0.25, 0.3) is 0 Å². The fourth-order valence-corrected chi connectivity index (χ4v) is 1.86. The number of urea groups is 1. The van der Waals surface area contributed by atoms with Crippen molar-refractivity contribution in [1.82, 2.24) is 20.5 Å². The summed E-state index contributed by atoms with van der Waals surface area (Å²) in [6.07, 6.45) is 2.39. The summed E-state index contributed by atoms with van der Waals surface area (Å²) in [4.78, 5) is 39.4. The van der Waals surface area contributed by atoms with Crippen molar-refractivity contribution in [1.29, 1.82) is 0 Å². The molecule has 1 aliphatic heterocycles. The molecule has 2 heterocycles. The Morgan fingerprint density at radius 3 is 2.90 bits per heavy atom. The zero-order chi connectivity index (χ0) is 14.4. The molecule has 0 aliphatic carbocycles. The number of pyridine rings is 1. The molecule has 1 fully saturated rings. The lowest BCUT2D eigenvalue weighted by atomic mass is 10.2. The average Bonchev–Trinajstić information content (AvgIpc) is 2.78. The molecule has 1 aromatic heterocycles. The van der Waals surface area contributed by atoms with Crippen LogP contribution in [0.15, 0.2) is 24.4 Å². The molecule has 0 spiro atoms. The van der Waals surface area contributed by atoms with Crippen LogP contribution < -0.4 is 10.6 Å². The van der Waals surface area contributed by atoms with Crippen LogP contribution in [0.25, 0.3) is 0 Å². The lowest BCUT2D eigenvalue weighted by molar-refractivity contribution is -0.126. The third-order valence-corrected chi connectivity index (χ3v) is 2.92. The van der Waals surface area contributed by atoms with Gasteiger partial charge >= 0.3 is 6.03 Å². The largest absolute Gasteiger partial charge is 0.350 e. The zero-order valence-corrected chi connectivity index (χ0v) is 11.0. The van der Waals surface area contributed by atoms with Crippen molar-refractivity contribution in [3.63, 3.8) is 0 Å². The molecule has 7 heteroatoms. The molecule has 4 amide bonds. The Morgan fingerprint density at radius 2 is 2.25 bits per heavy atom. The van der Waals surface area contributed by atoms with Gasteiger partial charge in [0.2, 0.25) is 11.8 Å². The van der Waals surface area contributed by atoms with Crippen LogP contribution in [-0.4, -0.2) is 40.8 Å². The van der Waals surface area contributed by atoms with Crippen LogP contribution >= 0.6 is 0 Å². The summed E-state index contributed by atoms with van der Waals surface area (Å²) in [5.41, 5.74) is 0.787. The molecular formula is C13H16N4O3. The van der Waals surface area contributed by atoms with E-state index in [1.165, 1.54) is 0 Å². The van der Waals surface area contributed by atoms with Gasteiger partial charge < -0.3 is 10.6 Å². The maximum atomic E-state index is 11.6. The first kappa shape index (κ1) is 14.0. The average molecular weight is 276 g/mol.